The Morgan fingerprint density at radius 3 is 2.88 bits per heavy atom. The Balaban J connectivity index is 1.85. The van der Waals surface area contributed by atoms with E-state index in [9.17, 15) is 9.18 Å². The van der Waals surface area contributed by atoms with Gasteiger partial charge in [-0.3, -0.25) is 4.79 Å². The van der Waals surface area contributed by atoms with Gasteiger partial charge in [0, 0.05) is 18.0 Å². The van der Waals surface area contributed by atoms with Gasteiger partial charge in [0.2, 0.25) is 0 Å². The van der Waals surface area contributed by atoms with Crippen molar-refractivity contribution in [1.82, 2.24) is 4.90 Å². The molecule has 0 spiro atoms. The maximum Gasteiger partial charge on any atom is 0.255 e. The monoisotopic (exact) mass is 387 g/mol. The number of halogens is 3. The molecule has 3 rings (SSSR count). The van der Waals surface area contributed by atoms with Gasteiger partial charge < -0.3 is 9.64 Å². The van der Waals surface area contributed by atoms with E-state index in [2.05, 4.69) is 0 Å². The summed E-state index contributed by atoms with van der Waals surface area (Å²) in [5.74, 6) is -0.975. The lowest BCUT2D eigenvalue weighted by Gasteiger charge is -2.25. The number of amides is 1. The molecule has 2 heterocycles. The van der Waals surface area contributed by atoms with Crippen LogP contribution in [0.2, 0.25) is 10.0 Å². The molecule has 0 saturated carbocycles. The van der Waals surface area contributed by atoms with Crippen LogP contribution >= 0.6 is 34.5 Å². The van der Waals surface area contributed by atoms with Gasteiger partial charge in [-0.25, -0.2) is 4.39 Å². The molecule has 7 heteroatoms. The molecule has 1 unspecified atom stereocenters. The number of ether oxygens (including phenoxy) is 1. The zero-order valence-electron chi connectivity index (χ0n) is 12.8. The Morgan fingerprint density at radius 1 is 1.38 bits per heavy atom. The van der Waals surface area contributed by atoms with Crippen LogP contribution in [0, 0.1) is 5.82 Å². The van der Waals surface area contributed by atoms with E-state index in [1.54, 1.807) is 16.2 Å². The molecule has 1 aromatic carbocycles. The van der Waals surface area contributed by atoms with Crippen molar-refractivity contribution >= 4 is 40.4 Å². The van der Waals surface area contributed by atoms with Gasteiger partial charge in [-0.15, -0.1) is 11.3 Å². The number of nitrogens with zero attached hydrogens (tertiary/aromatic N) is 1. The molecule has 1 atom stereocenters. The summed E-state index contributed by atoms with van der Waals surface area (Å²) in [6.45, 7) is 1.61. The van der Waals surface area contributed by atoms with Gasteiger partial charge in [-0.05, 0) is 36.4 Å². The average molecular weight is 388 g/mol. The van der Waals surface area contributed by atoms with Gasteiger partial charge in [0.05, 0.1) is 28.3 Å². The molecule has 0 aliphatic carbocycles. The van der Waals surface area contributed by atoms with Crippen molar-refractivity contribution in [2.75, 3.05) is 13.2 Å². The van der Waals surface area contributed by atoms with E-state index in [0.717, 1.165) is 23.8 Å². The van der Waals surface area contributed by atoms with Gasteiger partial charge in [-0.1, -0.05) is 29.3 Å². The van der Waals surface area contributed by atoms with E-state index in [1.165, 1.54) is 6.07 Å². The molecule has 0 N–H and O–H groups in total. The topological polar surface area (TPSA) is 29.5 Å². The fourth-order valence-electron chi connectivity index (χ4n) is 2.70. The zero-order valence-corrected chi connectivity index (χ0v) is 15.1. The highest BCUT2D eigenvalue weighted by atomic mass is 35.5. The predicted molar refractivity (Wildman–Crippen MR) is 94.5 cm³/mol. The maximum atomic E-state index is 13.8. The third-order valence-electron chi connectivity index (χ3n) is 3.90. The summed E-state index contributed by atoms with van der Waals surface area (Å²) >= 11 is 13.4. The number of rotatable bonds is 5. The van der Waals surface area contributed by atoms with Crippen molar-refractivity contribution in [3.63, 3.8) is 0 Å². The molecule has 3 nitrogen and oxygen atoms in total. The summed E-state index contributed by atoms with van der Waals surface area (Å²) < 4.78 is 19.4. The van der Waals surface area contributed by atoms with Crippen molar-refractivity contribution in [2.45, 2.75) is 25.5 Å². The molecule has 2 aromatic rings. The first kappa shape index (κ1) is 17.7. The summed E-state index contributed by atoms with van der Waals surface area (Å²) in [5.41, 5.74) is 0.119. The number of benzene rings is 1. The van der Waals surface area contributed by atoms with Crippen LogP contribution in [-0.4, -0.2) is 30.1 Å². The quantitative estimate of drug-likeness (QED) is 0.674. The van der Waals surface area contributed by atoms with Crippen LogP contribution in [0.4, 0.5) is 4.39 Å². The minimum atomic E-state index is -0.655. The molecular weight excluding hydrogens is 372 g/mol. The summed E-state index contributed by atoms with van der Waals surface area (Å²) in [7, 11) is 0. The van der Waals surface area contributed by atoms with Crippen LogP contribution in [-0.2, 0) is 11.3 Å². The predicted octanol–water partition coefficient (Wildman–Crippen LogP) is 5.02. The minimum absolute atomic E-state index is 0.00448. The van der Waals surface area contributed by atoms with Crippen LogP contribution in [0.1, 0.15) is 28.1 Å². The van der Waals surface area contributed by atoms with Crippen LogP contribution in [0.15, 0.2) is 29.6 Å². The third-order valence-corrected chi connectivity index (χ3v) is 5.37. The minimum Gasteiger partial charge on any atom is -0.376 e. The van der Waals surface area contributed by atoms with E-state index in [1.807, 2.05) is 17.5 Å². The Hall–Kier alpha value is -1.14. The van der Waals surface area contributed by atoms with Gasteiger partial charge in [0.25, 0.3) is 5.91 Å². The summed E-state index contributed by atoms with van der Waals surface area (Å²) in [6, 6.07) is 6.26. The van der Waals surface area contributed by atoms with Crippen molar-refractivity contribution in [3.05, 3.63) is 55.9 Å². The molecule has 1 amide bonds. The van der Waals surface area contributed by atoms with E-state index >= 15 is 0 Å². The summed E-state index contributed by atoms with van der Waals surface area (Å²) in [6.07, 6.45) is 1.91. The second-order valence-corrected chi connectivity index (χ2v) is 7.49. The Kier molecular flexibility index (Phi) is 5.76. The first-order valence-electron chi connectivity index (χ1n) is 7.62. The van der Waals surface area contributed by atoms with Crippen LogP contribution < -0.4 is 0 Å². The number of hydrogen-bond donors (Lipinski definition) is 0. The van der Waals surface area contributed by atoms with E-state index in [4.69, 9.17) is 27.9 Å². The summed E-state index contributed by atoms with van der Waals surface area (Å²) in [4.78, 5) is 15.6. The smallest absolute Gasteiger partial charge is 0.255 e. The first-order valence-corrected chi connectivity index (χ1v) is 9.26. The molecule has 0 radical (unpaired) electrons. The van der Waals surface area contributed by atoms with Crippen LogP contribution in [0.3, 0.4) is 0 Å². The Labute approximate surface area is 153 Å². The van der Waals surface area contributed by atoms with Crippen molar-refractivity contribution in [2.24, 2.45) is 0 Å². The number of carbonyl (C=O) groups is 1. The fraction of sp³-hybridized carbons (Fsp3) is 0.353. The van der Waals surface area contributed by atoms with E-state index in [-0.39, 0.29) is 27.6 Å². The van der Waals surface area contributed by atoms with Gasteiger partial charge in [0.1, 0.15) is 5.82 Å². The number of thiophene rings is 1. The van der Waals surface area contributed by atoms with Crippen molar-refractivity contribution in [1.29, 1.82) is 0 Å². The third kappa shape index (κ3) is 4.09. The zero-order chi connectivity index (χ0) is 17.1. The second-order valence-electron chi connectivity index (χ2n) is 5.65. The molecule has 1 fully saturated rings. The van der Waals surface area contributed by atoms with Gasteiger partial charge >= 0.3 is 0 Å². The highest BCUT2D eigenvalue weighted by Crippen LogP contribution is 2.27. The lowest BCUT2D eigenvalue weighted by molar-refractivity contribution is 0.0509. The van der Waals surface area contributed by atoms with Crippen molar-refractivity contribution < 1.29 is 13.9 Å². The lowest BCUT2D eigenvalue weighted by Crippen LogP contribution is -2.37. The largest absolute Gasteiger partial charge is 0.376 e. The Bertz CT molecular complexity index is 718. The molecule has 1 aliphatic rings. The SMILES string of the molecule is O=C(c1cc(F)c(Cl)cc1Cl)N(Cc1cccs1)CC1CCCO1. The van der Waals surface area contributed by atoms with Crippen LogP contribution in [0.5, 0.6) is 0 Å². The lowest BCUT2D eigenvalue weighted by atomic mass is 10.1. The van der Waals surface area contributed by atoms with Crippen LogP contribution in [0.25, 0.3) is 0 Å². The first-order chi connectivity index (χ1) is 11.5. The number of carbonyl (C=O) groups excluding carboxylic acids is 1. The molecule has 128 valence electrons. The molecule has 1 aliphatic heterocycles. The van der Waals surface area contributed by atoms with Crippen molar-refractivity contribution in [3.8, 4) is 0 Å². The van der Waals surface area contributed by atoms with E-state index in [0.29, 0.717) is 19.7 Å². The van der Waals surface area contributed by atoms with E-state index < -0.39 is 5.82 Å². The highest BCUT2D eigenvalue weighted by Gasteiger charge is 2.26. The Morgan fingerprint density at radius 2 is 2.21 bits per heavy atom. The molecule has 1 aromatic heterocycles. The average Bonchev–Trinajstić information content (AvgIpc) is 3.23. The maximum absolute atomic E-state index is 13.8. The fourth-order valence-corrected chi connectivity index (χ4v) is 3.88. The summed E-state index contributed by atoms with van der Waals surface area (Å²) in [5, 5.41) is 2.01. The molecular formula is C17H16Cl2FNO2S. The molecule has 1 saturated heterocycles. The molecule has 24 heavy (non-hydrogen) atoms. The van der Waals surface area contributed by atoms with Gasteiger partial charge in [-0.2, -0.15) is 0 Å². The highest BCUT2D eigenvalue weighted by molar-refractivity contribution is 7.09. The number of hydrogen-bond acceptors (Lipinski definition) is 3. The van der Waals surface area contributed by atoms with Gasteiger partial charge in [0.15, 0.2) is 0 Å². The second kappa shape index (κ2) is 7.83. The normalized spacial score (nSPS) is 17.2. The standard InChI is InChI=1S/C17H16Cl2FNO2S/c18-14-8-15(19)16(20)7-13(14)17(22)21(9-11-3-1-5-23-11)10-12-4-2-6-24-12/h2,4,6-8,11H,1,3,5,9-10H2. The molecule has 0 bridgehead atoms.